The fourth-order valence-corrected chi connectivity index (χ4v) is 7.01. The van der Waals surface area contributed by atoms with E-state index in [9.17, 15) is 24.0 Å². The van der Waals surface area contributed by atoms with E-state index in [1.807, 2.05) is 42.5 Å². The maximum Gasteiger partial charge on any atom is 0.262 e. The largest absolute Gasteiger partial charge is 0.489 e. The maximum atomic E-state index is 13.4. The predicted molar refractivity (Wildman–Crippen MR) is 190 cm³/mol. The number of carbonyl (C=O) groups is 5. The first-order valence-corrected chi connectivity index (χ1v) is 17.4. The summed E-state index contributed by atoms with van der Waals surface area (Å²) in [5, 5.41) is 2.23. The van der Waals surface area contributed by atoms with Crippen LogP contribution in [0.1, 0.15) is 94.6 Å². The Balaban J connectivity index is 0.964. The number of carbonyl (C=O) groups excluding carboxylic acids is 5. The third kappa shape index (κ3) is 6.88. The lowest BCUT2D eigenvalue weighted by atomic mass is 9.78. The number of nitrogens with zero attached hydrogens (tertiary/aromatic N) is 4. The van der Waals surface area contributed by atoms with Gasteiger partial charge in [-0.2, -0.15) is 0 Å². The number of hydrogen-bond acceptors (Lipinski definition) is 10. The van der Waals surface area contributed by atoms with E-state index in [0.717, 1.165) is 46.9 Å². The minimum absolute atomic E-state index is 0.0772. The zero-order chi connectivity index (χ0) is 36.6. The van der Waals surface area contributed by atoms with Crippen LogP contribution in [0.3, 0.4) is 0 Å². The van der Waals surface area contributed by atoms with E-state index in [4.69, 9.17) is 9.47 Å². The van der Waals surface area contributed by atoms with E-state index in [1.165, 1.54) is 6.92 Å². The summed E-state index contributed by atoms with van der Waals surface area (Å²) in [7, 11) is 0. The highest BCUT2D eigenvalue weighted by molar-refractivity contribution is 6.23. The summed E-state index contributed by atoms with van der Waals surface area (Å²) < 4.78 is 12.4. The number of fused-ring (bicyclic) bond motifs is 1. The van der Waals surface area contributed by atoms with Crippen LogP contribution in [0.2, 0.25) is 0 Å². The zero-order valence-corrected chi connectivity index (χ0v) is 29.3. The van der Waals surface area contributed by atoms with Crippen LogP contribution in [-0.4, -0.2) is 69.5 Å². The molecule has 2 saturated heterocycles. The molecule has 266 valence electrons. The minimum atomic E-state index is -0.996. The van der Waals surface area contributed by atoms with Crippen LogP contribution < -0.4 is 19.7 Å². The van der Waals surface area contributed by atoms with Crippen molar-refractivity contribution in [3.63, 3.8) is 0 Å². The summed E-state index contributed by atoms with van der Waals surface area (Å²) in [6.45, 7) is 7.38. The first-order chi connectivity index (χ1) is 25.0. The van der Waals surface area contributed by atoms with Crippen molar-refractivity contribution >= 4 is 35.1 Å². The number of benzene rings is 3. The number of Topliss-reactive ketones (excluding diaryl/α,β-unsaturated/α-hetero) is 1. The summed E-state index contributed by atoms with van der Waals surface area (Å²) in [5.41, 5.74) is 3.92. The highest BCUT2D eigenvalue weighted by atomic mass is 16.5. The van der Waals surface area contributed by atoms with Gasteiger partial charge in [-0.1, -0.05) is 38.1 Å². The van der Waals surface area contributed by atoms with Crippen LogP contribution in [-0.2, 0) is 21.6 Å². The lowest BCUT2D eigenvalue weighted by Gasteiger charge is -2.34. The van der Waals surface area contributed by atoms with Crippen LogP contribution in [0.5, 0.6) is 11.5 Å². The molecule has 2 fully saturated rings. The second-order valence-electron chi connectivity index (χ2n) is 13.9. The Bertz CT molecular complexity index is 2060. The van der Waals surface area contributed by atoms with Gasteiger partial charge in [0.05, 0.1) is 23.4 Å². The molecule has 3 aromatic carbocycles. The summed E-state index contributed by atoms with van der Waals surface area (Å²) >= 11 is 0. The van der Waals surface area contributed by atoms with Gasteiger partial charge in [-0.3, -0.25) is 34.2 Å². The second-order valence-corrected chi connectivity index (χ2v) is 13.9. The molecular formula is C40H39N5O7. The van der Waals surface area contributed by atoms with E-state index >= 15 is 0 Å². The van der Waals surface area contributed by atoms with Gasteiger partial charge in [0, 0.05) is 37.2 Å². The van der Waals surface area contributed by atoms with Gasteiger partial charge in [0.15, 0.2) is 11.6 Å². The molecule has 3 aliphatic heterocycles. The number of ketones is 1. The van der Waals surface area contributed by atoms with Crippen molar-refractivity contribution in [2.45, 2.75) is 70.6 Å². The maximum absolute atomic E-state index is 13.4. The van der Waals surface area contributed by atoms with Gasteiger partial charge in [-0.05, 0) is 78.9 Å². The van der Waals surface area contributed by atoms with Crippen molar-refractivity contribution in [1.82, 2.24) is 20.2 Å². The molecule has 0 bridgehead atoms. The van der Waals surface area contributed by atoms with E-state index in [2.05, 4.69) is 46.2 Å². The number of amides is 4. The highest BCUT2D eigenvalue weighted by Gasteiger charge is 2.45. The molecule has 12 nitrogen and oxygen atoms in total. The SMILES string of the molecule is CC(=O)c1nccc(COc2ccc(C(C)(C)c3ccc(OC4CCCN(c5ccc6c(c5)C(=O)N(C5CCC(=O)NC5=O)C6=O)C4)cc3)cc2)n1. The molecule has 4 aromatic rings. The highest BCUT2D eigenvalue weighted by Crippen LogP contribution is 2.35. The molecule has 0 aliphatic carbocycles. The molecule has 3 aliphatic rings. The van der Waals surface area contributed by atoms with Crippen molar-refractivity contribution in [3.8, 4) is 11.5 Å². The Labute approximate surface area is 301 Å². The van der Waals surface area contributed by atoms with E-state index in [-0.39, 0.29) is 53.7 Å². The number of piperidine rings is 2. The molecule has 7 rings (SSSR count). The minimum Gasteiger partial charge on any atom is -0.489 e. The molecule has 2 atom stereocenters. The number of rotatable bonds is 10. The number of imide groups is 2. The molecule has 4 amide bonds. The molecule has 1 aromatic heterocycles. The Morgan fingerprint density at radius 3 is 2.27 bits per heavy atom. The number of aromatic nitrogens is 2. The summed E-state index contributed by atoms with van der Waals surface area (Å²) in [6, 6.07) is 22.0. The third-order valence-electron chi connectivity index (χ3n) is 10.0. The molecule has 4 heterocycles. The van der Waals surface area contributed by atoms with Gasteiger partial charge in [0.1, 0.15) is 30.3 Å². The van der Waals surface area contributed by atoms with Crippen LogP contribution in [0, 0.1) is 0 Å². The van der Waals surface area contributed by atoms with Gasteiger partial charge in [0.25, 0.3) is 11.8 Å². The fourth-order valence-electron chi connectivity index (χ4n) is 7.01. The normalized spacial score (nSPS) is 19.0. The van der Waals surface area contributed by atoms with Gasteiger partial charge in [0.2, 0.25) is 11.8 Å². The second kappa shape index (κ2) is 14.0. The predicted octanol–water partition coefficient (Wildman–Crippen LogP) is 5.03. The Morgan fingerprint density at radius 1 is 0.885 bits per heavy atom. The van der Waals surface area contributed by atoms with E-state index < -0.39 is 29.7 Å². The summed E-state index contributed by atoms with van der Waals surface area (Å²) in [5.74, 6) is -0.615. The molecule has 52 heavy (non-hydrogen) atoms. The van der Waals surface area contributed by atoms with Crippen LogP contribution >= 0.6 is 0 Å². The monoisotopic (exact) mass is 701 g/mol. The number of anilines is 1. The molecule has 2 unspecified atom stereocenters. The lowest BCUT2D eigenvalue weighted by molar-refractivity contribution is -0.136. The Morgan fingerprint density at radius 2 is 1.58 bits per heavy atom. The topological polar surface area (TPSA) is 148 Å². The smallest absolute Gasteiger partial charge is 0.262 e. The van der Waals surface area contributed by atoms with Gasteiger partial charge >= 0.3 is 0 Å². The van der Waals surface area contributed by atoms with E-state index in [0.29, 0.717) is 18.0 Å². The molecule has 0 spiro atoms. The van der Waals surface area contributed by atoms with Crippen LogP contribution in [0.4, 0.5) is 5.69 Å². The molecule has 12 heteroatoms. The number of hydrogen-bond donors (Lipinski definition) is 1. The average Bonchev–Trinajstić information content (AvgIpc) is 3.39. The summed E-state index contributed by atoms with van der Waals surface area (Å²) in [6.07, 6.45) is 3.43. The van der Waals surface area contributed by atoms with E-state index in [1.54, 1.807) is 24.4 Å². The molecule has 1 N–H and O–H groups in total. The van der Waals surface area contributed by atoms with Crippen molar-refractivity contribution in [1.29, 1.82) is 0 Å². The quantitative estimate of drug-likeness (QED) is 0.176. The van der Waals surface area contributed by atoms with Crippen molar-refractivity contribution in [3.05, 3.63) is 113 Å². The van der Waals surface area contributed by atoms with Crippen molar-refractivity contribution in [2.24, 2.45) is 0 Å². The molecule has 0 saturated carbocycles. The zero-order valence-electron chi connectivity index (χ0n) is 29.3. The van der Waals surface area contributed by atoms with Gasteiger partial charge < -0.3 is 14.4 Å². The Kier molecular flexibility index (Phi) is 9.31. The standard InChI is InChI=1S/C40H39N5O7/c1-24(46)36-41-19-18-27(42-36)23-51-29-11-6-25(7-12-29)40(2,3)26-8-13-30(14-9-26)52-31-5-4-20-44(22-31)28-10-15-32-33(21-28)39(50)45(38(32)49)34-16-17-35(47)43-37(34)48/h6-15,18-19,21,31,34H,4-5,16-17,20,22-23H2,1-3H3,(H,43,47,48). The number of nitrogens with one attached hydrogen (secondary N) is 1. The first kappa shape index (κ1) is 34.5. The fraction of sp³-hybridized carbons (Fsp3) is 0.325. The molecule has 0 radical (unpaired) electrons. The molecular weight excluding hydrogens is 662 g/mol. The van der Waals surface area contributed by atoms with Gasteiger partial charge in [-0.15, -0.1) is 0 Å². The Hall–Kier alpha value is -5.91. The lowest BCUT2D eigenvalue weighted by Crippen LogP contribution is -2.54. The van der Waals surface area contributed by atoms with Crippen molar-refractivity contribution < 1.29 is 33.4 Å². The first-order valence-electron chi connectivity index (χ1n) is 17.4. The van der Waals surface area contributed by atoms with Crippen LogP contribution in [0.15, 0.2) is 79.0 Å². The number of ether oxygens (including phenoxy) is 2. The van der Waals surface area contributed by atoms with Gasteiger partial charge in [-0.25, -0.2) is 9.97 Å². The van der Waals surface area contributed by atoms with Crippen molar-refractivity contribution in [2.75, 3.05) is 18.0 Å². The average molecular weight is 702 g/mol. The summed E-state index contributed by atoms with van der Waals surface area (Å²) in [4.78, 5) is 73.5. The van der Waals surface area contributed by atoms with Crippen LogP contribution in [0.25, 0.3) is 0 Å². The third-order valence-corrected chi connectivity index (χ3v) is 10.0.